The molecule has 0 radical (unpaired) electrons. The molecule has 130 valence electrons. The minimum atomic E-state index is -1.77. The van der Waals surface area contributed by atoms with Crippen molar-refractivity contribution in [2.75, 3.05) is 4.90 Å². The SMILES string of the molecule is CC(C)[C@@H]1[C@H](c2ccccc2)C[C@@H]2O[C@@]1(O)C(=O)N2c1ccccc1. The van der Waals surface area contributed by atoms with Gasteiger partial charge >= 0.3 is 0 Å². The van der Waals surface area contributed by atoms with Gasteiger partial charge in [0.05, 0.1) is 0 Å². The maximum absolute atomic E-state index is 13.2. The van der Waals surface area contributed by atoms with E-state index in [0.717, 1.165) is 11.3 Å². The van der Waals surface area contributed by atoms with Gasteiger partial charge in [-0.3, -0.25) is 9.69 Å². The summed E-state index contributed by atoms with van der Waals surface area (Å²) in [6.07, 6.45) is 0.232. The van der Waals surface area contributed by atoms with E-state index >= 15 is 0 Å². The molecule has 2 bridgehead atoms. The van der Waals surface area contributed by atoms with Crippen LogP contribution < -0.4 is 4.90 Å². The third-order valence-corrected chi connectivity index (χ3v) is 5.45. The Morgan fingerprint density at radius 2 is 1.68 bits per heavy atom. The first-order chi connectivity index (χ1) is 12.0. The number of anilines is 1. The smallest absolute Gasteiger partial charge is 0.289 e. The average Bonchev–Trinajstić information content (AvgIpc) is 2.82. The maximum Gasteiger partial charge on any atom is 0.289 e. The van der Waals surface area contributed by atoms with Crippen LogP contribution in [0.5, 0.6) is 0 Å². The molecule has 0 unspecified atom stereocenters. The minimum Gasteiger partial charge on any atom is -0.358 e. The molecule has 1 amide bonds. The van der Waals surface area contributed by atoms with Gasteiger partial charge in [-0.25, -0.2) is 0 Å². The predicted molar refractivity (Wildman–Crippen MR) is 95.9 cm³/mol. The zero-order chi connectivity index (χ0) is 17.6. The standard InChI is InChI=1S/C21H23NO3/c1-14(2)19-17(15-9-5-3-6-10-15)13-18-22(16-11-7-4-8-12-16)20(23)21(19,24)25-18/h3-12,14,17-19,24H,13H2,1-2H3/t17-,18-,19+,21+/m0/s1. The Morgan fingerprint density at radius 1 is 1.08 bits per heavy atom. The van der Waals surface area contributed by atoms with Crippen molar-refractivity contribution in [2.24, 2.45) is 11.8 Å². The fourth-order valence-electron chi connectivity index (χ4n) is 4.46. The second kappa shape index (κ2) is 5.97. The van der Waals surface area contributed by atoms with E-state index in [4.69, 9.17) is 4.74 Å². The number of fused-ring (bicyclic) bond motifs is 2. The van der Waals surface area contributed by atoms with Crippen LogP contribution in [0.25, 0.3) is 0 Å². The predicted octanol–water partition coefficient (Wildman–Crippen LogP) is 3.52. The van der Waals surface area contributed by atoms with Gasteiger partial charge in [-0.1, -0.05) is 62.4 Å². The molecular weight excluding hydrogens is 314 g/mol. The molecule has 0 aromatic heterocycles. The highest BCUT2D eigenvalue weighted by molar-refractivity contribution is 6.01. The second-order valence-corrected chi connectivity index (χ2v) is 7.30. The molecule has 0 spiro atoms. The van der Waals surface area contributed by atoms with E-state index in [1.54, 1.807) is 4.90 Å². The van der Waals surface area contributed by atoms with Crippen molar-refractivity contribution >= 4 is 11.6 Å². The summed E-state index contributed by atoms with van der Waals surface area (Å²) >= 11 is 0. The van der Waals surface area contributed by atoms with E-state index in [9.17, 15) is 9.90 Å². The number of benzene rings is 2. The number of ether oxygens (including phenoxy) is 1. The maximum atomic E-state index is 13.2. The van der Waals surface area contributed by atoms with Crippen LogP contribution in [0.1, 0.15) is 31.7 Å². The molecule has 2 aliphatic rings. The van der Waals surface area contributed by atoms with Crippen LogP contribution >= 0.6 is 0 Å². The van der Waals surface area contributed by atoms with E-state index in [2.05, 4.69) is 12.1 Å². The highest BCUT2D eigenvalue weighted by Crippen LogP contribution is 2.52. The van der Waals surface area contributed by atoms with Gasteiger partial charge in [-0.05, 0) is 29.5 Å². The minimum absolute atomic E-state index is 0.0719. The van der Waals surface area contributed by atoms with Crippen molar-refractivity contribution < 1.29 is 14.6 Å². The molecule has 1 N–H and O–H groups in total. The fraction of sp³-hybridized carbons (Fsp3) is 0.381. The van der Waals surface area contributed by atoms with Gasteiger partial charge in [0.2, 0.25) is 0 Å². The second-order valence-electron chi connectivity index (χ2n) is 7.30. The highest BCUT2D eigenvalue weighted by atomic mass is 16.7. The van der Waals surface area contributed by atoms with Crippen LogP contribution in [0, 0.1) is 11.8 Å². The number of amides is 1. The number of aliphatic hydroxyl groups is 1. The average molecular weight is 337 g/mol. The molecule has 25 heavy (non-hydrogen) atoms. The number of hydrogen-bond donors (Lipinski definition) is 1. The molecular formula is C21H23NO3. The first-order valence-corrected chi connectivity index (χ1v) is 8.86. The van der Waals surface area contributed by atoms with Crippen LogP contribution in [0.2, 0.25) is 0 Å². The van der Waals surface area contributed by atoms with Crippen LogP contribution in [0.4, 0.5) is 5.69 Å². The molecule has 2 aliphatic heterocycles. The van der Waals surface area contributed by atoms with E-state index < -0.39 is 12.0 Å². The Kier molecular flexibility index (Phi) is 3.89. The first-order valence-electron chi connectivity index (χ1n) is 8.86. The fourth-order valence-corrected chi connectivity index (χ4v) is 4.46. The lowest BCUT2D eigenvalue weighted by Crippen LogP contribution is -2.52. The highest BCUT2D eigenvalue weighted by Gasteiger charge is 2.63. The van der Waals surface area contributed by atoms with Crippen LogP contribution in [0.15, 0.2) is 60.7 Å². The monoisotopic (exact) mass is 337 g/mol. The normalized spacial score (nSPS) is 31.6. The van der Waals surface area contributed by atoms with E-state index in [0.29, 0.717) is 6.42 Å². The van der Waals surface area contributed by atoms with Gasteiger partial charge < -0.3 is 9.84 Å². The molecule has 2 heterocycles. The van der Waals surface area contributed by atoms with E-state index in [1.165, 1.54) is 0 Å². The quantitative estimate of drug-likeness (QED) is 0.932. The number of para-hydroxylation sites is 1. The van der Waals surface area contributed by atoms with Gasteiger partial charge in [-0.15, -0.1) is 0 Å². The Balaban J connectivity index is 1.79. The lowest BCUT2D eigenvalue weighted by Gasteiger charge is -2.42. The zero-order valence-corrected chi connectivity index (χ0v) is 14.5. The molecule has 0 saturated carbocycles. The summed E-state index contributed by atoms with van der Waals surface area (Å²) in [5, 5.41) is 11.3. The number of rotatable bonds is 3. The molecule has 4 rings (SSSR count). The van der Waals surface area contributed by atoms with Gasteiger partial charge in [0.1, 0.15) is 6.23 Å². The van der Waals surface area contributed by atoms with E-state index in [1.807, 2.05) is 62.4 Å². The molecule has 0 aliphatic carbocycles. The van der Waals surface area contributed by atoms with Gasteiger partial charge in [0, 0.05) is 18.0 Å². The van der Waals surface area contributed by atoms with Crippen molar-refractivity contribution in [2.45, 2.75) is 38.2 Å². The van der Waals surface area contributed by atoms with Crippen molar-refractivity contribution in [3.8, 4) is 0 Å². The summed E-state index contributed by atoms with van der Waals surface area (Å²) in [7, 11) is 0. The van der Waals surface area contributed by atoms with Crippen molar-refractivity contribution in [1.29, 1.82) is 0 Å². The molecule has 4 heteroatoms. The Morgan fingerprint density at radius 3 is 2.28 bits per heavy atom. The van der Waals surface area contributed by atoms with Crippen molar-refractivity contribution in [3.63, 3.8) is 0 Å². The Bertz CT molecular complexity index is 761. The van der Waals surface area contributed by atoms with Crippen molar-refractivity contribution in [3.05, 3.63) is 66.2 Å². The third-order valence-electron chi connectivity index (χ3n) is 5.45. The van der Waals surface area contributed by atoms with Gasteiger partial charge in [-0.2, -0.15) is 0 Å². The lowest BCUT2D eigenvalue weighted by atomic mass is 9.71. The van der Waals surface area contributed by atoms with Crippen LogP contribution in [-0.4, -0.2) is 23.0 Å². The van der Waals surface area contributed by atoms with E-state index in [-0.39, 0.29) is 23.7 Å². The summed E-state index contributed by atoms with van der Waals surface area (Å²) in [6, 6.07) is 19.6. The molecule has 2 aromatic rings. The number of hydrogen-bond acceptors (Lipinski definition) is 3. The van der Waals surface area contributed by atoms with Gasteiger partial charge in [0.25, 0.3) is 11.7 Å². The lowest BCUT2D eigenvalue weighted by molar-refractivity contribution is -0.250. The summed E-state index contributed by atoms with van der Waals surface area (Å²) in [5.74, 6) is -2.22. The third kappa shape index (κ3) is 2.48. The summed E-state index contributed by atoms with van der Waals surface area (Å²) in [4.78, 5) is 14.8. The van der Waals surface area contributed by atoms with Crippen LogP contribution in [-0.2, 0) is 9.53 Å². The van der Waals surface area contributed by atoms with Gasteiger partial charge in [0.15, 0.2) is 0 Å². The first kappa shape index (κ1) is 16.3. The summed E-state index contributed by atoms with van der Waals surface area (Å²) in [5.41, 5.74) is 1.92. The van der Waals surface area contributed by atoms with Crippen molar-refractivity contribution in [1.82, 2.24) is 0 Å². The topological polar surface area (TPSA) is 49.8 Å². The zero-order valence-electron chi connectivity index (χ0n) is 14.5. The molecule has 2 aromatic carbocycles. The van der Waals surface area contributed by atoms with Crippen LogP contribution in [0.3, 0.4) is 0 Å². The Labute approximate surface area is 148 Å². The molecule has 4 atom stereocenters. The largest absolute Gasteiger partial charge is 0.358 e. The molecule has 4 nitrogen and oxygen atoms in total. The molecule has 2 fully saturated rings. The Hall–Kier alpha value is -2.17. The summed E-state index contributed by atoms with van der Waals surface area (Å²) in [6.45, 7) is 4.08. The molecule has 2 saturated heterocycles. The summed E-state index contributed by atoms with van der Waals surface area (Å²) < 4.78 is 5.92. The number of carbonyl (C=O) groups excluding carboxylic acids is 1. The number of nitrogens with zero attached hydrogens (tertiary/aromatic N) is 1. The number of carbonyl (C=O) groups is 1.